The average molecular weight is 373 g/mol. The highest BCUT2D eigenvalue weighted by molar-refractivity contribution is 6.08. The van der Waals surface area contributed by atoms with Crippen LogP contribution in [0.4, 0.5) is 5.69 Å². The Morgan fingerprint density at radius 1 is 1.37 bits per heavy atom. The van der Waals surface area contributed by atoms with E-state index in [9.17, 15) is 14.4 Å². The van der Waals surface area contributed by atoms with Gasteiger partial charge in [-0.05, 0) is 17.7 Å². The standard InChI is InChI=1S/C19H23N3O5/c1-19(2)10-20-16(24)12-8-11(4-5-14(12)19)21-15-13(18(26)27-3)9-22(6-7-23)17(15)25/h4-5,8,21,23H,6-7,9-10H2,1-3H3,(H,20,24). The van der Waals surface area contributed by atoms with Crippen LogP contribution in [0.3, 0.4) is 0 Å². The second-order valence-electron chi connectivity index (χ2n) is 7.25. The lowest BCUT2D eigenvalue weighted by atomic mass is 9.79. The molecule has 0 spiro atoms. The van der Waals surface area contributed by atoms with Crippen molar-refractivity contribution in [1.82, 2.24) is 10.2 Å². The highest BCUT2D eigenvalue weighted by Gasteiger charge is 2.35. The number of carbonyl (C=O) groups is 3. The monoisotopic (exact) mass is 373 g/mol. The number of nitrogens with zero attached hydrogens (tertiary/aromatic N) is 1. The quantitative estimate of drug-likeness (QED) is 0.644. The van der Waals surface area contributed by atoms with Crippen molar-refractivity contribution in [1.29, 1.82) is 0 Å². The number of fused-ring (bicyclic) bond motifs is 1. The second kappa shape index (κ2) is 7.03. The van der Waals surface area contributed by atoms with Crippen LogP contribution in [0.2, 0.25) is 0 Å². The minimum Gasteiger partial charge on any atom is -0.466 e. The minimum atomic E-state index is -0.608. The molecule has 2 aliphatic heterocycles. The average Bonchev–Trinajstić information content (AvgIpc) is 2.94. The lowest BCUT2D eigenvalue weighted by Crippen LogP contribution is -2.43. The molecule has 2 heterocycles. The molecule has 3 N–H and O–H groups in total. The summed E-state index contributed by atoms with van der Waals surface area (Å²) in [4.78, 5) is 38.3. The first-order valence-electron chi connectivity index (χ1n) is 8.70. The summed E-state index contributed by atoms with van der Waals surface area (Å²) in [7, 11) is 1.25. The molecule has 0 saturated heterocycles. The smallest absolute Gasteiger partial charge is 0.337 e. The molecular formula is C19H23N3O5. The predicted molar refractivity (Wildman–Crippen MR) is 98.1 cm³/mol. The molecule has 2 amide bonds. The van der Waals surface area contributed by atoms with E-state index in [1.165, 1.54) is 12.0 Å². The van der Waals surface area contributed by atoms with Crippen molar-refractivity contribution >= 4 is 23.5 Å². The van der Waals surface area contributed by atoms with Crippen molar-refractivity contribution in [3.05, 3.63) is 40.6 Å². The van der Waals surface area contributed by atoms with Crippen LogP contribution in [0.1, 0.15) is 29.8 Å². The van der Waals surface area contributed by atoms with Crippen LogP contribution < -0.4 is 10.6 Å². The van der Waals surface area contributed by atoms with Gasteiger partial charge in [0.25, 0.3) is 11.8 Å². The summed E-state index contributed by atoms with van der Waals surface area (Å²) in [6.07, 6.45) is 0. The fraction of sp³-hybridized carbons (Fsp3) is 0.421. The van der Waals surface area contributed by atoms with Crippen molar-refractivity contribution in [3.8, 4) is 0 Å². The number of rotatable bonds is 5. The fourth-order valence-electron chi connectivity index (χ4n) is 3.39. The van der Waals surface area contributed by atoms with E-state index in [-0.39, 0.29) is 42.3 Å². The highest BCUT2D eigenvalue weighted by atomic mass is 16.5. The number of esters is 1. The van der Waals surface area contributed by atoms with Crippen LogP contribution in [-0.4, -0.2) is 61.1 Å². The number of carbonyl (C=O) groups excluding carboxylic acids is 3. The van der Waals surface area contributed by atoms with Crippen LogP contribution in [-0.2, 0) is 19.7 Å². The van der Waals surface area contributed by atoms with Crippen molar-refractivity contribution in [2.45, 2.75) is 19.3 Å². The maximum Gasteiger partial charge on any atom is 0.337 e. The van der Waals surface area contributed by atoms with Gasteiger partial charge in [0.1, 0.15) is 5.70 Å². The number of β-amino-alcohol motifs (C(OH)–C–C–N with tert-alkyl or cyclic N) is 1. The first-order valence-corrected chi connectivity index (χ1v) is 8.70. The number of hydrogen-bond acceptors (Lipinski definition) is 6. The molecule has 2 aliphatic rings. The third-order valence-corrected chi connectivity index (χ3v) is 4.91. The summed E-state index contributed by atoms with van der Waals surface area (Å²) in [5, 5.41) is 15.0. The molecule has 0 bridgehead atoms. The predicted octanol–water partition coefficient (Wildman–Crippen LogP) is 0.381. The van der Waals surface area contributed by atoms with Gasteiger partial charge >= 0.3 is 5.97 Å². The molecule has 0 atom stereocenters. The lowest BCUT2D eigenvalue weighted by molar-refractivity contribution is -0.136. The Bertz CT molecular complexity index is 844. The summed E-state index contributed by atoms with van der Waals surface area (Å²) in [5.41, 5.74) is 2.09. The number of anilines is 1. The zero-order valence-corrected chi connectivity index (χ0v) is 15.6. The molecule has 0 fully saturated rings. The molecule has 8 heteroatoms. The van der Waals surface area contributed by atoms with Crippen LogP contribution in [0.5, 0.6) is 0 Å². The molecule has 0 saturated carbocycles. The van der Waals surface area contributed by atoms with Gasteiger partial charge in [-0.25, -0.2) is 4.79 Å². The van der Waals surface area contributed by atoms with Gasteiger partial charge in [0.2, 0.25) is 0 Å². The Balaban J connectivity index is 1.95. The topological polar surface area (TPSA) is 108 Å². The molecule has 0 radical (unpaired) electrons. The van der Waals surface area contributed by atoms with Gasteiger partial charge in [0, 0.05) is 29.8 Å². The maximum absolute atomic E-state index is 12.6. The Morgan fingerprint density at radius 3 is 2.78 bits per heavy atom. The first kappa shape index (κ1) is 18.9. The Hall–Kier alpha value is -2.87. The SMILES string of the molecule is COC(=O)C1=C(Nc2ccc3c(c2)C(=O)NCC3(C)C)C(=O)N(CCO)C1. The van der Waals surface area contributed by atoms with Gasteiger partial charge in [-0.1, -0.05) is 19.9 Å². The molecule has 144 valence electrons. The maximum atomic E-state index is 12.6. The number of aliphatic hydroxyl groups excluding tert-OH is 1. The van der Waals surface area contributed by atoms with Crippen LogP contribution in [0.25, 0.3) is 0 Å². The number of benzene rings is 1. The van der Waals surface area contributed by atoms with E-state index in [1.807, 2.05) is 19.9 Å². The van der Waals surface area contributed by atoms with Gasteiger partial charge in [-0.2, -0.15) is 0 Å². The van der Waals surface area contributed by atoms with E-state index >= 15 is 0 Å². The van der Waals surface area contributed by atoms with E-state index < -0.39 is 11.9 Å². The molecular weight excluding hydrogens is 350 g/mol. The van der Waals surface area contributed by atoms with Crippen molar-refractivity contribution in [2.24, 2.45) is 0 Å². The zero-order valence-electron chi connectivity index (χ0n) is 15.6. The molecule has 27 heavy (non-hydrogen) atoms. The molecule has 1 aromatic carbocycles. The Morgan fingerprint density at radius 2 is 2.11 bits per heavy atom. The van der Waals surface area contributed by atoms with E-state index in [2.05, 4.69) is 10.6 Å². The van der Waals surface area contributed by atoms with Crippen LogP contribution in [0.15, 0.2) is 29.5 Å². The van der Waals surface area contributed by atoms with E-state index in [1.54, 1.807) is 12.1 Å². The number of aliphatic hydroxyl groups is 1. The van der Waals surface area contributed by atoms with Crippen molar-refractivity contribution in [3.63, 3.8) is 0 Å². The van der Waals surface area contributed by atoms with Gasteiger partial charge in [0.05, 0.1) is 25.8 Å². The Labute approximate surface area is 157 Å². The minimum absolute atomic E-state index is 0.0624. The number of nitrogens with one attached hydrogen (secondary N) is 2. The summed E-state index contributed by atoms with van der Waals surface area (Å²) in [6, 6.07) is 5.32. The van der Waals surface area contributed by atoms with Gasteiger partial charge in [0.15, 0.2) is 0 Å². The van der Waals surface area contributed by atoms with E-state index in [0.717, 1.165) is 5.56 Å². The van der Waals surface area contributed by atoms with Crippen LogP contribution >= 0.6 is 0 Å². The van der Waals surface area contributed by atoms with E-state index in [4.69, 9.17) is 9.84 Å². The molecule has 3 rings (SSSR count). The van der Waals surface area contributed by atoms with Gasteiger partial charge in [-0.15, -0.1) is 0 Å². The zero-order chi connectivity index (χ0) is 19.8. The highest BCUT2D eigenvalue weighted by Crippen LogP contribution is 2.32. The fourth-order valence-corrected chi connectivity index (χ4v) is 3.39. The summed E-state index contributed by atoms with van der Waals surface area (Å²) in [5.74, 6) is -1.18. The summed E-state index contributed by atoms with van der Waals surface area (Å²) >= 11 is 0. The molecule has 8 nitrogen and oxygen atoms in total. The molecule has 0 aliphatic carbocycles. The number of amides is 2. The lowest BCUT2D eigenvalue weighted by Gasteiger charge is -2.32. The van der Waals surface area contributed by atoms with Gasteiger partial charge < -0.3 is 25.4 Å². The summed E-state index contributed by atoms with van der Waals surface area (Å²) < 4.78 is 4.77. The molecule has 0 unspecified atom stereocenters. The van der Waals surface area contributed by atoms with Crippen LogP contribution in [0, 0.1) is 0 Å². The third kappa shape index (κ3) is 3.40. The Kier molecular flexibility index (Phi) is 4.93. The number of ether oxygens (including phenoxy) is 1. The van der Waals surface area contributed by atoms with E-state index in [0.29, 0.717) is 17.8 Å². The molecule has 0 aromatic heterocycles. The van der Waals surface area contributed by atoms with Crippen molar-refractivity contribution in [2.75, 3.05) is 38.7 Å². The van der Waals surface area contributed by atoms with Crippen molar-refractivity contribution < 1.29 is 24.2 Å². The third-order valence-electron chi connectivity index (χ3n) is 4.91. The second-order valence-corrected chi connectivity index (χ2v) is 7.25. The molecule has 1 aromatic rings. The summed E-state index contributed by atoms with van der Waals surface area (Å²) in [6.45, 7) is 4.62. The first-order chi connectivity index (χ1) is 12.8. The largest absolute Gasteiger partial charge is 0.466 e. The number of hydrogen-bond donors (Lipinski definition) is 3. The van der Waals surface area contributed by atoms with Gasteiger partial charge in [-0.3, -0.25) is 9.59 Å². The normalized spacial score (nSPS) is 18.3. The number of methoxy groups -OCH3 is 1.